The van der Waals surface area contributed by atoms with Gasteiger partial charge in [0, 0.05) is 13.0 Å². The Labute approximate surface area is 224 Å². The van der Waals surface area contributed by atoms with E-state index in [1.54, 1.807) is 12.1 Å². The van der Waals surface area contributed by atoms with Gasteiger partial charge in [0.1, 0.15) is 5.82 Å². The van der Waals surface area contributed by atoms with Gasteiger partial charge in [-0.15, -0.1) is 0 Å². The second-order valence-electron chi connectivity index (χ2n) is 10.7. The highest BCUT2D eigenvalue weighted by Crippen LogP contribution is 2.37. The molecule has 0 N–H and O–H groups in total. The molecule has 198 valence electrons. The van der Waals surface area contributed by atoms with Crippen molar-refractivity contribution in [2.75, 3.05) is 7.11 Å². The quantitative estimate of drug-likeness (QED) is 0.291. The van der Waals surface area contributed by atoms with Crippen LogP contribution in [0.5, 0.6) is 0 Å². The number of aryl methyl sites for hydroxylation is 1. The van der Waals surface area contributed by atoms with Crippen LogP contribution in [0.1, 0.15) is 84.5 Å². The van der Waals surface area contributed by atoms with Crippen molar-refractivity contribution in [1.82, 2.24) is 4.90 Å². The summed E-state index contributed by atoms with van der Waals surface area (Å²) in [4.78, 5) is 28.1. The van der Waals surface area contributed by atoms with Crippen molar-refractivity contribution in [3.63, 3.8) is 0 Å². The number of hydrogen-bond acceptors (Lipinski definition) is 3. The van der Waals surface area contributed by atoms with E-state index in [1.165, 1.54) is 50.5 Å². The lowest BCUT2D eigenvalue weighted by atomic mass is 9.85. The van der Waals surface area contributed by atoms with Gasteiger partial charge in [-0.05, 0) is 83.7 Å². The lowest BCUT2D eigenvalue weighted by Gasteiger charge is -2.36. The molecule has 1 amide bonds. The topological polar surface area (TPSA) is 46.6 Å². The molecule has 0 saturated heterocycles. The molecule has 0 radical (unpaired) electrons. The minimum Gasteiger partial charge on any atom is -0.465 e. The van der Waals surface area contributed by atoms with Crippen LogP contribution in [0.25, 0.3) is 11.1 Å². The highest BCUT2D eigenvalue weighted by molar-refractivity contribution is 5.89. The monoisotopic (exact) mass is 513 g/mol. The Hall–Kier alpha value is -3.47. The van der Waals surface area contributed by atoms with E-state index in [2.05, 4.69) is 12.1 Å². The minimum absolute atomic E-state index is 0.0730. The van der Waals surface area contributed by atoms with E-state index in [0.29, 0.717) is 24.4 Å². The van der Waals surface area contributed by atoms with Gasteiger partial charge in [-0.3, -0.25) is 4.79 Å². The lowest BCUT2D eigenvalue weighted by Crippen LogP contribution is -2.36. The molecule has 0 bridgehead atoms. The first-order valence-electron chi connectivity index (χ1n) is 13.9. The Morgan fingerprint density at radius 3 is 2.26 bits per heavy atom. The van der Waals surface area contributed by atoms with E-state index in [4.69, 9.17) is 4.74 Å². The summed E-state index contributed by atoms with van der Waals surface area (Å²) in [5, 5.41) is 0. The molecule has 2 aliphatic carbocycles. The first kappa shape index (κ1) is 26.1. The Kier molecular flexibility index (Phi) is 8.21. The maximum atomic E-state index is 13.8. The Morgan fingerprint density at radius 1 is 0.895 bits per heavy atom. The van der Waals surface area contributed by atoms with Crippen molar-refractivity contribution in [3.8, 4) is 11.1 Å². The summed E-state index contributed by atoms with van der Waals surface area (Å²) < 4.78 is 18.3. The van der Waals surface area contributed by atoms with Crippen molar-refractivity contribution in [3.05, 3.63) is 94.8 Å². The maximum Gasteiger partial charge on any atom is 0.337 e. The third-order valence-electron chi connectivity index (χ3n) is 8.27. The number of halogens is 1. The summed E-state index contributed by atoms with van der Waals surface area (Å²) in [5.41, 5.74) is 5.82. The zero-order valence-corrected chi connectivity index (χ0v) is 22.1. The zero-order valence-electron chi connectivity index (χ0n) is 22.1. The maximum absolute atomic E-state index is 13.8. The number of carbonyl (C=O) groups excluding carboxylic acids is 2. The van der Waals surface area contributed by atoms with Crippen molar-refractivity contribution < 1.29 is 18.7 Å². The van der Waals surface area contributed by atoms with Gasteiger partial charge in [-0.25, -0.2) is 9.18 Å². The summed E-state index contributed by atoms with van der Waals surface area (Å²) >= 11 is 0. The molecule has 0 spiro atoms. The molecule has 0 aromatic heterocycles. The fourth-order valence-electron chi connectivity index (χ4n) is 6.13. The predicted octanol–water partition coefficient (Wildman–Crippen LogP) is 7.66. The van der Waals surface area contributed by atoms with E-state index in [1.807, 2.05) is 35.2 Å². The number of carbonyl (C=O) groups is 2. The second kappa shape index (κ2) is 11.9. The van der Waals surface area contributed by atoms with Crippen LogP contribution < -0.4 is 0 Å². The molecule has 1 saturated carbocycles. The normalized spacial score (nSPS) is 17.2. The molecule has 2 aliphatic rings. The summed E-state index contributed by atoms with van der Waals surface area (Å²) in [5.74, 6) is 0.231. The fraction of sp³-hybridized carbons (Fsp3) is 0.394. The van der Waals surface area contributed by atoms with E-state index in [-0.39, 0.29) is 23.7 Å². The van der Waals surface area contributed by atoms with Gasteiger partial charge in [0.25, 0.3) is 0 Å². The van der Waals surface area contributed by atoms with E-state index < -0.39 is 0 Å². The molecule has 1 atom stereocenters. The van der Waals surface area contributed by atoms with Gasteiger partial charge in [-0.1, -0.05) is 68.1 Å². The van der Waals surface area contributed by atoms with Crippen LogP contribution in [-0.2, 0) is 22.5 Å². The van der Waals surface area contributed by atoms with Crippen LogP contribution in [-0.4, -0.2) is 23.9 Å². The highest BCUT2D eigenvalue weighted by atomic mass is 19.1. The molecule has 38 heavy (non-hydrogen) atoms. The number of ether oxygens (including phenoxy) is 1. The van der Waals surface area contributed by atoms with Gasteiger partial charge in [0.2, 0.25) is 5.91 Å². The average Bonchev–Trinajstić information content (AvgIpc) is 3.48. The molecule has 5 rings (SSSR count). The van der Waals surface area contributed by atoms with E-state index in [0.717, 1.165) is 47.9 Å². The number of amides is 1. The molecule has 5 heteroatoms. The number of esters is 1. The number of hydrogen-bond donors (Lipinski definition) is 0. The second-order valence-corrected chi connectivity index (χ2v) is 10.7. The van der Waals surface area contributed by atoms with Crippen LogP contribution in [0, 0.1) is 11.7 Å². The zero-order chi connectivity index (χ0) is 26.5. The van der Waals surface area contributed by atoms with Crippen LogP contribution in [0.3, 0.4) is 0 Å². The molecule has 4 nitrogen and oxygen atoms in total. The summed E-state index contributed by atoms with van der Waals surface area (Å²) in [6.45, 7) is 0.514. The van der Waals surface area contributed by atoms with Crippen LogP contribution in [0.15, 0.2) is 66.7 Å². The number of rotatable bonds is 8. The first-order chi connectivity index (χ1) is 18.5. The van der Waals surface area contributed by atoms with Gasteiger partial charge < -0.3 is 9.64 Å². The largest absolute Gasteiger partial charge is 0.465 e. The Balaban J connectivity index is 1.41. The predicted molar refractivity (Wildman–Crippen MR) is 147 cm³/mol. The van der Waals surface area contributed by atoms with Crippen molar-refractivity contribution in [2.24, 2.45) is 5.92 Å². The lowest BCUT2D eigenvalue weighted by molar-refractivity contribution is -0.135. The minimum atomic E-state index is -0.354. The molecule has 3 aromatic rings. The average molecular weight is 514 g/mol. The van der Waals surface area contributed by atoms with Gasteiger partial charge in [0.05, 0.1) is 18.7 Å². The molecular formula is C33H36FNO3. The smallest absolute Gasteiger partial charge is 0.337 e. The SMILES string of the molecule is COC(=O)c1ccc2c(c1)C(N(Cc1ccc(-c3ccc(F)cc3)cc1)C(=O)CCC1CCCC1)CCC2. The Bertz CT molecular complexity index is 1260. The molecule has 1 unspecified atom stereocenters. The first-order valence-corrected chi connectivity index (χ1v) is 13.9. The van der Waals surface area contributed by atoms with Gasteiger partial charge in [-0.2, -0.15) is 0 Å². The van der Waals surface area contributed by atoms with E-state index >= 15 is 0 Å². The molecule has 1 fully saturated rings. The third-order valence-corrected chi connectivity index (χ3v) is 8.27. The summed E-state index contributed by atoms with van der Waals surface area (Å²) in [6.07, 6.45) is 9.33. The van der Waals surface area contributed by atoms with Crippen LogP contribution in [0.2, 0.25) is 0 Å². The third kappa shape index (κ3) is 5.98. The molecule has 0 heterocycles. The van der Waals surface area contributed by atoms with Crippen LogP contribution >= 0.6 is 0 Å². The summed E-state index contributed by atoms with van der Waals surface area (Å²) in [6, 6.07) is 20.4. The highest BCUT2D eigenvalue weighted by Gasteiger charge is 2.31. The van der Waals surface area contributed by atoms with Gasteiger partial charge >= 0.3 is 5.97 Å². The fourth-order valence-corrected chi connectivity index (χ4v) is 6.13. The standard InChI is InChI=1S/C33H36FNO3/c1-38-33(37)28-15-14-27-7-4-8-31(30(27)21-28)35(32(36)20-11-23-5-2-3-6-23)22-24-9-12-25(13-10-24)26-16-18-29(34)19-17-26/h9-10,12-19,21,23,31H,2-8,11,20,22H2,1H3. The molecule has 3 aromatic carbocycles. The Morgan fingerprint density at radius 2 is 1.58 bits per heavy atom. The number of methoxy groups -OCH3 is 1. The van der Waals surface area contributed by atoms with Crippen molar-refractivity contribution in [2.45, 2.75) is 70.4 Å². The van der Waals surface area contributed by atoms with Crippen LogP contribution in [0.4, 0.5) is 4.39 Å². The molecule has 0 aliphatic heterocycles. The van der Waals surface area contributed by atoms with Crippen molar-refractivity contribution >= 4 is 11.9 Å². The summed E-state index contributed by atoms with van der Waals surface area (Å²) in [7, 11) is 1.40. The molecular weight excluding hydrogens is 477 g/mol. The van der Waals surface area contributed by atoms with Gasteiger partial charge in [0.15, 0.2) is 0 Å². The number of fused-ring (bicyclic) bond motifs is 1. The van der Waals surface area contributed by atoms with E-state index in [9.17, 15) is 14.0 Å². The number of benzene rings is 3. The van der Waals surface area contributed by atoms with Crippen molar-refractivity contribution in [1.29, 1.82) is 0 Å². The number of nitrogens with zero attached hydrogens (tertiary/aromatic N) is 1.